The first-order chi connectivity index (χ1) is 6.14. The molecule has 3 aliphatic rings. The number of fused-ring (bicyclic) bond motifs is 1. The molecule has 3 atom stereocenters. The van der Waals surface area contributed by atoms with Crippen molar-refractivity contribution in [3.63, 3.8) is 0 Å². The highest BCUT2D eigenvalue weighted by molar-refractivity contribution is 7.92. The lowest BCUT2D eigenvalue weighted by Crippen LogP contribution is -2.54. The molecule has 1 saturated heterocycles. The van der Waals surface area contributed by atoms with E-state index < -0.39 is 9.84 Å². The summed E-state index contributed by atoms with van der Waals surface area (Å²) in [5.41, 5.74) is 0. The zero-order chi connectivity index (χ0) is 9.05. The van der Waals surface area contributed by atoms with Crippen molar-refractivity contribution in [3.8, 4) is 0 Å². The number of hydrogen-bond donors (Lipinski definition) is 1. The van der Waals surface area contributed by atoms with Gasteiger partial charge in [0.2, 0.25) is 0 Å². The second kappa shape index (κ2) is 2.48. The second-order valence-electron chi connectivity index (χ2n) is 4.78. The topological polar surface area (TPSA) is 46.2 Å². The van der Waals surface area contributed by atoms with Crippen molar-refractivity contribution in [2.24, 2.45) is 11.8 Å². The minimum absolute atomic E-state index is 0.273. The highest BCUT2D eigenvalue weighted by atomic mass is 32.2. The summed E-state index contributed by atoms with van der Waals surface area (Å²) < 4.78 is 21.8. The summed E-state index contributed by atoms with van der Waals surface area (Å²) in [4.78, 5) is 0. The molecule has 3 fully saturated rings. The van der Waals surface area contributed by atoms with Gasteiger partial charge in [0.25, 0.3) is 0 Å². The van der Waals surface area contributed by atoms with Gasteiger partial charge in [-0.1, -0.05) is 0 Å². The van der Waals surface area contributed by atoms with Gasteiger partial charge in [-0.2, -0.15) is 0 Å². The quantitative estimate of drug-likeness (QED) is 0.693. The summed E-state index contributed by atoms with van der Waals surface area (Å²) in [7, 11) is -2.64. The minimum Gasteiger partial charge on any atom is -0.309 e. The fourth-order valence-electron chi connectivity index (χ4n) is 2.87. The molecule has 3 nitrogen and oxygen atoms in total. The molecule has 1 N–H and O–H groups in total. The molecule has 0 bridgehead atoms. The first-order valence-electron chi connectivity index (χ1n) is 5.10. The van der Waals surface area contributed by atoms with Gasteiger partial charge < -0.3 is 5.32 Å². The fraction of sp³-hybridized carbons (Fsp3) is 1.00. The average molecular weight is 201 g/mol. The molecule has 13 heavy (non-hydrogen) atoms. The molecule has 0 radical (unpaired) electrons. The molecule has 1 heterocycles. The van der Waals surface area contributed by atoms with Crippen molar-refractivity contribution in [2.75, 3.05) is 11.5 Å². The Balaban J connectivity index is 1.54. The molecule has 3 rings (SSSR count). The van der Waals surface area contributed by atoms with Gasteiger partial charge in [-0.05, 0) is 31.1 Å². The lowest BCUT2D eigenvalue weighted by Gasteiger charge is -2.30. The molecule has 2 saturated carbocycles. The molecule has 3 unspecified atom stereocenters. The predicted octanol–water partition coefficient (Wildman–Crippen LogP) is 0.171. The summed E-state index contributed by atoms with van der Waals surface area (Å²) in [6.07, 6.45) is 4.02. The normalized spacial score (nSPS) is 46.9. The Morgan fingerprint density at radius 2 is 1.92 bits per heavy atom. The number of hydrogen-bond acceptors (Lipinski definition) is 3. The van der Waals surface area contributed by atoms with Gasteiger partial charge in [0, 0.05) is 12.1 Å². The third-order valence-corrected chi connectivity index (χ3v) is 5.52. The lowest BCUT2D eigenvalue weighted by molar-refractivity contribution is 0.415. The number of sulfone groups is 1. The van der Waals surface area contributed by atoms with Crippen molar-refractivity contribution < 1.29 is 8.42 Å². The summed E-state index contributed by atoms with van der Waals surface area (Å²) in [5, 5.41) is 3.48. The van der Waals surface area contributed by atoms with Crippen molar-refractivity contribution in [1.29, 1.82) is 0 Å². The van der Waals surface area contributed by atoms with Crippen LogP contribution in [0.25, 0.3) is 0 Å². The van der Waals surface area contributed by atoms with Crippen LogP contribution < -0.4 is 5.32 Å². The SMILES string of the molecule is O=S1(=O)CC(NC2CCC3CC32)C1. The van der Waals surface area contributed by atoms with E-state index >= 15 is 0 Å². The molecule has 2 aliphatic carbocycles. The minimum atomic E-state index is -2.64. The summed E-state index contributed by atoms with van der Waals surface area (Å²) in [6.45, 7) is 0. The van der Waals surface area contributed by atoms with E-state index in [0.29, 0.717) is 17.5 Å². The molecule has 0 aromatic rings. The van der Waals surface area contributed by atoms with Crippen molar-refractivity contribution in [2.45, 2.75) is 31.3 Å². The van der Waals surface area contributed by atoms with Crippen LogP contribution in [0.3, 0.4) is 0 Å². The monoisotopic (exact) mass is 201 g/mol. The number of rotatable bonds is 2. The Morgan fingerprint density at radius 1 is 1.15 bits per heavy atom. The molecular formula is C9H15NO2S. The molecule has 0 spiro atoms. The van der Waals surface area contributed by atoms with Crippen LogP contribution in [0.2, 0.25) is 0 Å². The van der Waals surface area contributed by atoms with Crippen molar-refractivity contribution in [1.82, 2.24) is 5.32 Å². The second-order valence-corrected chi connectivity index (χ2v) is 6.94. The van der Waals surface area contributed by atoms with E-state index in [1.54, 1.807) is 0 Å². The van der Waals surface area contributed by atoms with Gasteiger partial charge >= 0.3 is 0 Å². The maximum atomic E-state index is 10.9. The molecule has 0 amide bonds. The van der Waals surface area contributed by atoms with E-state index in [1.807, 2.05) is 0 Å². The average Bonchev–Trinajstić information content (AvgIpc) is 2.66. The molecule has 1 aliphatic heterocycles. The smallest absolute Gasteiger partial charge is 0.153 e. The Bertz CT molecular complexity index is 313. The highest BCUT2D eigenvalue weighted by Gasteiger charge is 2.49. The summed E-state index contributed by atoms with van der Waals surface area (Å²) in [6, 6.07) is 0.917. The van der Waals surface area contributed by atoms with Gasteiger partial charge in [0.05, 0.1) is 11.5 Å². The van der Waals surface area contributed by atoms with Crippen LogP contribution in [0.4, 0.5) is 0 Å². The molecular weight excluding hydrogens is 186 g/mol. The fourth-order valence-corrected chi connectivity index (χ4v) is 4.19. The van der Waals surface area contributed by atoms with Crippen LogP contribution in [0.5, 0.6) is 0 Å². The maximum Gasteiger partial charge on any atom is 0.153 e. The van der Waals surface area contributed by atoms with Crippen LogP contribution in [-0.2, 0) is 9.84 Å². The van der Waals surface area contributed by atoms with E-state index in [1.165, 1.54) is 19.3 Å². The van der Waals surface area contributed by atoms with Crippen LogP contribution in [0.1, 0.15) is 19.3 Å². The Kier molecular flexibility index (Phi) is 1.57. The standard InChI is InChI=1S/C9H15NO2S/c11-13(12)4-7(5-13)10-9-2-1-6-3-8(6)9/h6-10H,1-5H2. The van der Waals surface area contributed by atoms with E-state index in [0.717, 1.165) is 11.8 Å². The van der Waals surface area contributed by atoms with Gasteiger partial charge in [0.1, 0.15) is 0 Å². The molecule has 0 aromatic heterocycles. The number of nitrogens with one attached hydrogen (secondary N) is 1. The third-order valence-electron chi connectivity index (χ3n) is 3.70. The lowest BCUT2D eigenvalue weighted by atomic mass is 10.1. The highest BCUT2D eigenvalue weighted by Crippen LogP contribution is 2.51. The maximum absolute atomic E-state index is 10.9. The molecule has 74 valence electrons. The van der Waals surface area contributed by atoms with Gasteiger partial charge in [0.15, 0.2) is 9.84 Å². The third kappa shape index (κ3) is 1.40. The van der Waals surface area contributed by atoms with E-state index in [9.17, 15) is 8.42 Å². The summed E-state index contributed by atoms with van der Waals surface area (Å²) >= 11 is 0. The van der Waals surface area contributed by atoms with Crippen LogP contribution in [0.15, 0.2) is 0 Å². The van der Waals surface area contributed by atoms with Gasteiger partial charge in [-0.25, -0.2) is 8.42 Å². The van der Waals surface area contributed by atoms with Gasteiger partial charge in [-0.15, -0.1) is 0 Å². The largest absolute Gasteiger partial charge is 0.309 e. The first-order valence-corrected chi connectivity index (χ1v) is 6.93. The van der Waals surface area contributed by atoms with Crippen LogP contribution in [0, 0.1) is 11.8 Å². The van der Waals surface area contributed by atoms with Crippen molar-refractivity contribution in [3.05, 3.63) is 0 Å². The molecule has 0 aromatic carbocycles. The van der Waals surface area contributed by atoms with E-state index in [-0.39, 0.29) is 6.04 Å². The first kappa shape index (κ1) is 8.24. The van der Waals surface area contributed by atoms with Gasteiger partial charge in [-0.3, -0.25) is 0 Å². The van der Waals surface area contributed by atoms with Crippen molar-refractivity contribution >= 4 is 9.84 Å². The Labute approximate surface area is 78.8 Å². The van der Waals surface area contributed by atoms with Crippen LogP contribution >= 0.6 is 0 Å². The zero-order valence-corrected chi connectivity index (χ0v) is 8.39. The van der Waals surface area contributed by atoms with E-state index in [2.05, 4.69) is 5.32 Å². The zero-order valence-electron chi connectivity index (χ0n) is 7.57. The Morgan fingerprint density at radius 3 is 2.38 bits per heavy atom. The predicted molar refractivity (Wildman–Crippen MR) is 50.2 cm³/mol. The molecule has 4 heteroatoms. The van der Waals surface area contributed by atoms with Crippen LogP contribution in [-0.4, -0.2) is 32.0 Å². The summed E-state index contributed by atoms with van der Waals surface area (Å²) in [5.74, 6) is 2.62. The Hall–Kier alpha value is -0.0900. The van der Waals surface area contributed by atoms with E-state index in [4.69, 9.17) is 0 Å².